The molecule has 114 valence electrons. The number of fused-ring (bicyclic) bond motifs is 1. The Kier molecular flexibility index (Phi) is 3.83. The van der Waals surface area contributed by atoms with E-state index in [0.717, 1.165) is 17.1 Å². The first-order valence-electron chi connectivity index (χ1n) is 7.50. The van der Waals surface area contributed by atoms with Crippen molar-refractivity contribution in [3.63, 3.8) is 0 Å². The third-order valence-electron chi connectivity index (χ3n) is 3.68. The van der Waals surface area contributed by atoms with Gasteiger partial charge in [-0.2, -0.15) is 0 Å². The predicted molar refractivity (Wildman–Crippen MR) is 83.3 cm³/mol. The quantitative estimate of drug-likeness (QED) is 0.868. The van der Waals surface area contributed by atoms with Gasteiger partial charge < -0.3 is 0 Å². The van der Waals surface area contributed by atoms with E-state index >= 15 is 0 Å². The van der Waals surface area contributed by atoms with Crippen LogP contribution in [0.2, 0.25) is 0 Å². The summed E-state index contributed by atoms with van der Waals surface area (Å²) in [7, 11) is 0. The lowest BCUT2D eigenvalue weighted by Crippen LogP contribution is -2.39. The summed E-state index contributed by atoms with van der Waals surface area (Å²) in [5.41, 5.74) is 2.59. The molecule has 1 amide bonds. The molecule has 1 aliphatic heterocycles. The first-order valence-corrected chi connectivity index (χ1v) is 7.50. The Morgan fingerprint density at radius 3 is 2.73 bits per heavy atom. The maximum Gasteiger partial charge on any atom is 0.228 e. The number of aryl methyl sites for hydroxylation is 1. The summed E-state index contributed by atoms with van der Waals surface area (Å²) in [6, 6.07) is 0. The Balaban J connectivity index is 2.10. The monoisotopic (exact) mass is 297 g/mol. The minimum atomic E-state index is 0.129. The predicted octanol–water partition coefficient (Wildman–Crippen LogP) is 2.18. The minimum absolute atomic E-state index is 0.129. The number of nitrogens with zero attached hydrogens (tertiary/aromatic N) is 5. The number of hydrogen-bond acceptors (Lipinski definition) is 5. The second-order valence-electron chi connectivity index (χ2n) is 5.92. The standard InChI is InChI=1S/C16H19N5O/c1-10(2)9-21-14(22)5-4-12-11(3)19-15(20-16(12)21)13-8-17-6-7-18-13/h6-8,10H,4-5,9H2,1-3H3. The first kappa shape index (κ1) is 14.6. The van der Waals surface area contributed by atoms with Crippen LogP contribution in [0.1, 0.15) is 31.5 Å². The van der Waals surface area contributed by atoms with E-state index in [-0.39, 0.29) is 5.91 Å². The molecule has 0 unspecified atom stereocenters. The summed E-state index contributed by atoms with van der Waals surface area (Å²) >= 11 is 0. The topological polar surface area (TPSA) is 71.9 Å². The van der Waals surface area contributed by atoms with Crippen LogP contribution in [0.4, 0.5) is 5.82 Å². The number of aromatic nitrogens is 4. The minimum Gasteiger partial charge on any atom is -0.296 e. The van der Waals surface area contributed by atoms with Crippen molar-refractivity contribution in [2.75, 3.05) is 11.4 Å². The molecule has 0 saturated heterocycles. The molecule has 3 heterocycles. The lowest BCUT2D eigenvalue weighted by Gasteiger charge is -2.30. The van der Waals surface area contributed by atoms with Gasteiger partial charge in [0.15, 0.2) is 5.82 Å². The van der Waals surface area contributed by atoms with E-state index in [4.69, 9.17) is 0 Å². The van der Waals surface area contributed by atoms with Gasteiger partial charge in [-0.15, -0.1) is 0 Å². The SMILES string of the molecule is Cc1nc(-c2cnccn2)nc2c1CCC(=O)N2CC(C)C. The Bertz CT molecular complexity index is 699. The molecule has 6 nitrogen and oxygen atoms in total. The van der Waals surface area contributed by atoms with Crippen LogP contribution >= 0.6 is 0 Å². The molecule has 2 aromatic rings. The number of carbonyl (C=O) groups is 1. The lowest BCUT2D eigenvalue weighted by atomic mass is 10.0. The Labute approximate surface area is 129 Å². The van der Waals surface area contributed by atoms with Crippen LogP contribution in [0.3, 0.4) is 0 Å². The second kappa shape index (κ2) is 5.79. The molecule has 2 aromatic heterocycles. The first-order chi connectivity index (χ1) is 10.6. The molecule has 0 aliphatic carbocycles. The summed E-state index contributed by atoms with van der Waals surface area (Å²) < 4.78 is 0. The molecule has 0 radical (unpaired) electrons. The molecular weight excluding hydrogens is 278 g/mol. The highest BCUT2D eigenvalue weighted by Gasteiger charge is 2.28. The fourth-order valence-electron chi connectivity index (χ4n) is 2.66. The van der Waals surface area contributed by atoms with Crippen molar-refractivity contribution in [1.82, 2.24) is 19.9 Å². The van der Waals surface area contributed by atoms with E-state index in [1.165, 1.54) is 0 Å². The van der Waals surface area contributed by atoms with Gasteiger partial charge in [0.2, 0.25) is 5.91 Å². The zero-order valence-corrected chi connectivity index (χ0v) is 13.1. The molecule has 1 aliphatic rings. The van der Waals surface area contributed by atoms with Gasteiger partial charge in [-0.05, 0) is 19.3 Å². The third kappa shape index (κ3) is 2.68. The van der Waals surface area contributed by atoms with Crippen molar-refractivity contribution in [1.29, 1.82) is 0 Å². The highest BCUT2D eigenvalue weighted by Crippen LogP contribution is 2.30. The highest BCUT2D eigenvalue weighted by atomic mass is 16.2. The average molecular weight is 297 g/mol. The maximum absolute atomic E-state index is 12.3. The molecule has 0 atom stereocenters. The molecule has 0 spiro atoms. The van der Waals surface area contributed by atoms with Gasteiger partial charge in [0.05, 0.1) is 6.20 Å². The van der Waals surface area contributed by atoms with E-state index in [2.05, 4.69) is 33.8 Å². The largest absolute Gasteiger partial charge is 0.296 e. The van der Waals surface area contributed by atoms with Crippen molar-refractivity contribution in [3.8, 4) is 11.5 Å². The summed E-state index contributed by atoms with van der Waals surface area (Å²) in [5.74, 6) is 1.76. The van der Waals surface area contributed by atoms with Crippen LogP contribution in [-0.2, 0) is 11.2 Å². The Morgan fingerprint density at radius 1 is 1.23 bits per heavy atom. The average Bonchev–Trinajstić information content (AvgIpc) is 2.50. The van der Waals surface area contributed by atoms with Crippen LogP contribution in [0.5, 0.6) is 0 Å². The van der Waals surface area contributed by atoms with Crippen molar-refractivity contribution in [2.45, 2.75) is 33.6 Å². The van der Waals surface area contributed by atoms with E-state index in [1.54, 1.807) is 23.5 Å². The number of rotatable bonds is 3. The van der Waals surface area contributed by atoms with Crippen LogP contribution in [0.15, 0.2) is 18.6 Å². The molecule has 22 heavy (non-hydrogen) atoms. The summed E-state index contributed by atoms with van der Waals surface area (Å²) in [4.78, 5) is 31.6. The van der Waals surface area contributed by atoms with Crippen molar-refractivity contribution in [2.24, 2.45) is 5.92 Å². The van der Waals surface area contributed by atoms with E-state index in [0.29, 0.717) is 36.8 Å². The molecular formula is C16H19N5O. The lowest BCUT2D eigenvalue weighted by molar-refractivity contribution is -0.119. The van der Waals surface area contributed by atoms with Crippen LogP contribution in [0.25, 0.3) is 11.5 Å². The fraction of sp³-hybridized carbons (Fsp3) is 0.438. The van der Waals surface area contributed by atoms with Crippen molar-refractivity contribution < 1.29 is 4.79 Å². The Morgan fingerprint density at radius 2 is 2.05 bits per heavy atom. The van der Waals surface area contributed by atoms with Gasteiger partial charge in [0.1, 0.15) is 11.5 Å². The van der Waals surface area contributed by atoms with Gasteiger partial charge in [-0.1, -0.05) is 13.8 Å². The molecule has 0 saturated carbocycles. The molecule has 0 fully saturated rings. The maximum atomic E-state index is 12.3. The summed E-state index contributed by atoms with van der Waals surface area (Å²) in [5, 5.41) is 0. The van der Waals surface area contributed by atoms with Crippen LogP contribution in [0, 0.1) is 12.8 Å². The smallest absolute Gasteiger partial charge is 0.228 e. The van der Waals surface area contributed by atoms with E-state index < -0.39 is 0 Å². The van der Waals surface area contributed by atoms with Crippen molar-refractivity contribution >= 4 is 11.7 Å². The zero-order chi connectivity index (χ0) is 15.7. The van der Waals surface area contributed by atoms with Crippen molar-refractivity contribution in [3.05, 3.63) is 29.8 Å². The molecule has 0 bridgehead atoms. The second-order valence-corrected chi connectivity index (χ2v) is 5.92. The van der Waals surface area contributed by atoms with Gasteiger partial charge >= 0.3 is 0 Å². The fourth-order valence-corrected chi connectivity index (χ4v) is 2.66. The molecule has 6 heteroatoms. The van der Waals surface area contributed by atoms with E-state index in [1.807, 2.05) is 6.92 Å². The van der Waals surface area contributed by atoms with Crippen LogP contribution < -0.4 is 4.90 Å². The number of hydrogen-bond donors (Lipinski definition) is 0. The molecule has 0 N–H and O–H groups in total. The van der Waals surface area contributed by atoms with Gasteiger partial charge in [-0.25, -0.2) is 15.0 Å². The van der Waals surface area contributed by atoms with Gasteiger partial charge in [0, 0.05) is 36.6 Å². The van der Waals surface area contributed by atoms with Gasteiger partial charge in [0.25, 0.3) is 0 Å². The summed E-state index contributed by atoms with van der Waals surface area (Å²) in [6.07, 6.45) is 6.09. The van der Waals surface area contributed by atoms with E-state index in [9.17, 15) is 4.79 Å². The zero-order valence-electron chi connectivity index (χ0n) is 13.1. The molecule has 3 rings (SSSR count). The van der Waals surface area contributed by atoms with Crippen LogP contribution in [-0.4, -0.2) is 32.4 Å². The normalized spacial score (nSPS) is 14.4. The highest BCUT2D eigenvalue weighted by molar-refractivity contribution is 5.95. The number of amides is 1. The number of carbonyl (C=O) groups excluding carboxylic acids is 1. The molecule has 0 aromatic carbocycles. The summed E-state index contributed by atoms with van der Waals surface area (Å²) in [6.45, 7) is 6.82. The third-order valence-corrected chi connectivity index (χ3v) is 3.68. The Hall–Kier alpha value is -2.37. The number of anilines is 1. The van der Waals surface area contributed by atoms with Gasteiger partial charge in [-0.3, -0.25) is 14.7 Å².